The van der Waals surface area contributed by atoms with Crippen molar-refractivity contribution in [1.29, 1.82) is 0 Å². The third-order valence-electron chi connectivity index (χ3n) is 4.49. The molecule has 0 heterocycles. The van der Waals surface area contributed by atoms with Gasteiger partial charge in [-0.1, -0.05) is 84.5 Å². The van der Waals surface area contributed by atoms with E-state index in [1.54, 1.807) is 0 Å². The Balaban J connectivity index is 3.13. The summed E-state index contributed by atoms with van der Waals surface area (Å²) in [5.74, 6) is 2.18. The average molecular weight is 389 g/mol. The summed E-state index contributed by atoms with van der Waals surface area (Å²) in [5, 5.41) is 0. The van der Waals surface area contributed by atoms with Gasteiger partial charge < -0.3 is 9.47 Å². The molecule has 0 aromatic rings. The summed E-state index contributed by atoms with van der Waals surface area (Å²) in [6.45, 7) is 6.15. The molecule has 0 unspecified atom stereocenters. The lowest BCUT2D eigenvalue weighted by atomic mass is 10.1. The lowest BCUT2D eigenvalue weighted by molar-refractivity contribution is -0.145. The average Bonchev–Trinajstić information content (AvgIpc) is 2.64. The van der Waals surface area contributed by atoms with Crippen molar-refractivity contribution in [2.45, 2.75) is 104 Å². The number of unbranched alkanes of at least 4 members (excludes halogenated alkanes) is 11. The van der Waals surface area contributed by atoms with E-state index >= 15 is 0 Å². The van der Waals surface area contributed by atoms with E-state index in [9.17, 15) is 4.79 Å². The van der Waals surface area contributed by atoms with Crippen LogP contribution in [0, 0.1) is 0 Å². The van der Waals surface area contributed by atoms with Crippen LogP contribution in [0.25, 0.3) is 0 Å². The van der Waals surface area contributed by atoms with Gasteiger partial charge in [0.2, 0.25) is 0 Å². The van der Waals surface area contributed by atoms with Gasteiger partial charge in [0.05, 0.1) is 13.2 Å². The fraction of sp³-hybridized carbons (Fsp3) is 0.955. The number of carbonyl (C=O) groups excluding carboxylic acids is 1. The van der Waals surface area contributed by atoms with Gasteiger partial charge in [-0.15, -0.1) is 0 Å². The second-order valence-corrected chi connectivity index (χ2v) is 8.31. The number of ether oxygens (including phenoxy) is 2. The molecule has 0 radical (unpaired) electrons. The van der Waals surface area contributed by atoms with Crippen molar-refractivity contribution in [3.8, 4) is 0 Å². The van der Waals surface area contributed by atoms with Crippen molar-refractivity contribution in [3.63, 3.8) is 0 Å². The van der Waals surface area contributed by atoms with Crippen LogP contribution in [0.5, 0.6) is 0 Å². The highest BCUT2D eigenvalue weighted by Crippen LogP contribution is 2.12. The largest absolute Gasteiger partial charge is 0.463 e. The number of carbonyl (C=O) groups is 1. The molecule has 0 fully saturated rings. The molecular weight excluding hydrogens is 344 g/mol. The fourth-order valence-corrected chi connectivity index (χ4v) is 3.72. The van der Waals surface area contributed by atoms with E-state index in [2.05, 4.69) is 13.8 Å². The summed E-state index contributed by atoms with van der Waals surface area (Å²) in [6, 6.07) is 0. The summed E-state index contributed by atoms with van der Waals surface area (Å²) in [7, 11) is 0. The molecule has 0 amide bonds. The quantitative estimate of drug-likeness (QED) is 0.160. The van der Waals surface area contributed by atoms with Crippen molar-refractivity contribution >= 4 is 17.7 Å². The van der Waals surface area contributed by atoms with Crippen molar-refractivity contribution in [2.75, 3.05) is 31.3 Å². The normalized spacial score (nSPS) is 11.0. The van der Waals surface area contributed by atoms with Gasteiger partial charge in [0, 0.05) is 12.2 Å². The molecule has 4 heteroatoms. The number of hydrogen-bond donors (Lipinski definition) is 0. The van der Waals surface area contributed by atoms with E-state index < -0.39 is 0 Å². The Kier molecular flexibility index (Phi) is 22.6. The first-order chi connectivity index (χ1) is 12.8. The first-order valence-corrected chi connectivity index (χ1v) is 12.3. The summed E-state index contributed by atoms with van der Waals surface area (Å²) in [6.07, 6.45) is 17.4. The molecule has 0 aliphatic rings. The van der Waals surface area contributed by atoms with E-state index in [1.165, 1.54) is 76.4 Å². The van der Waals surface area contributed by atoms with Gasteiger partial charge in [0.15, 0.2) is 0 Å². The first kappa shape index (κ1) is 25.8. The lowest BCUT2D eigenvalue weighted by Gasteiger charge is -2.06. The molecule has 0 saturated carbocycles. The molecule has 0 aliphatic heterocycles. The molecule has 0 rings (SSSR count). The monoisotopic (exact) mass is 388 g/mol. The van der Waals surface area contributed by atoms with Crippen LogP contribution in [0.2, 0.25) is 0 Å². The molecule has 0 saturated heterocycles. The highest BCUT2D eigenvalue weighted by Gasteiger charge is 2.02. The van der Waals surface area contributed by atoms with Gasteiger partial charge in [0.1, 0.15) is 6.61 Å². The van der Waals surface area contributed by atoms with Crippen LogP contribution >= 0.6 is 11.8 Å². The van der Waals surface area contributed by atoms with Crippen molar-refractivity contribution in [1.82, 2.24) is 0 Å². The van der Waals surface area contributed by atoms with Gasteiger partial charge in [-0.05, 0) is 18.6 Å². The minimum Gasteiger partial charge on any atom is -0.463 e. The van der Waals surface area contributed by atoms with Crippen molar-refractivity contribution in [2.24, 2.45) is 0 Å². The topological polar surface area (TPSA) is 35.5 Å². The Hall–Kier alpha value is -0.220. The SMILES string of the molecule is CCCCCCCCCCCCCC(=O)OCCOCCSCCCC. The predicted octanol–water partition coefficient (Wildman–Crippen LogP) is 6.78. The van der Waals surface area contributed by atoms with Gasteiger partial charge in [-0.2, -0.15) is 11.8 Å². The zero-order valence-electron chi connectivity index (χ0n) is 17.6. The van der Waals surface area contributed by atoms with E-state index in [0.29, 0.717) is 19.6 Å². The molecular formula is C22H44O3S. The second-order valence-electron chi connectivity index (χ2n) is 7.08. The molecule has 3 nitrogen and oxygen atoms in total. The summed E-state index contributed by atoms with van der Waals surface area (Å²) >= 11 is 1.93. The molecule has 0 aromatic heterocycles. The number of hydrogen-bond acceptors (Lipinski definition) is 4. The Labute approximate surface area is 167 Å². The minimum atomic E-state index is -0.0677. The summed E-state index contributed by atoms with van der Waals surface area (Å²) in [5.41, 5.74) is 0. The van der Waals surface area contributed by atoms with Gasteiger partial charge in [0.25, 0.3) is 0 Å². The predicted molar refractivity (Wildman–Crippen MR) is 115 cm³/mol. The maximum atomic E-state index is 11.6. The lowest BCUT2D eigenvalue weighted by Crippen LogP contribution is -2.11. The molecule has 156 valence electrons. The van der Waals surface area contributed by atoms with Crippen molar-refractivity contribution < 1.29 is 14.3 Å². The van der Waals surface area contributed by atoms with Crippen LogP contribution in [0.15, 0.2) is 0 Å². The minimum absolute atomic E-state index is 0.0677. The third kappa shape index (κ3) is 21.8. The van der Waals surface area contributed by atoms with E-state index in [0.717, 1.165) is 25.2 Å². The van der Waals surface area contributed by atoms with Crippen LogP contribution in [-0.4, -0.2) is 37.3 Å². The van der Waals surface area contributed by atoms with Crippen LogP contribution in [-0.2, 0) is 14.3 Å². The Morgan fingerprint density at radius 2 is 1.23 bits per heavy atom. The molecule has 0 atom stereocenters. The van der Waals surface area contributed by atoms with E-state index in [4.69, 9.17) is 9.47 Å². The molecule has 0 N–H and O–H groups in total. The second kappa shape index (κ2) is 22.8. The van der Waals surface area contributed by atoms with Gasteiger partial charge in [-0.25, -0.2) is 0 Å². The fourth-order valence-electron chi connectivity index (χ4n) is 2.79. The molecule has 0 bridgehead atoms. The van der Waals surface area contributed by atoms with E-state index in [1.807, 2.05) is 11.8 Å². The van der Waals surface area contributed by atoms with Gasteiger partial charge in [-0.3, -0.25) is 4.79 Å². The summed E-state index contributed by atoms with van der Waals surface area (Å²) < 4.78 is 10.7. The number of thioether (sulfide) groups is 1. The Bertz CT molecular complexity index is 285. The van der Waals surface area contributed by atoms with Crippen LogP contribution < -0.4 is 0 Å². The highest BCUT2D eigenvalue weighted by molar-refractivity contribution is 7.99. The maximum absolute atomic E-state index is 11.6. The standard InChI is InChI=1S/C22H44O3S/c1-3-5-7-8-9-10-11-12-13-14-15-16-22(23)25-18-17-24-19-21-26-20-6-4-2/h3-21H2,1-2H3. The summed E-state index contributed by atoms with van der Waals surface area (Å²) in [4.78, 5) is 11.6. The van der Waals surface area contributed by atoms with Crippen molar-refractivity contribution in [3.05, 3.63) is 0 Å². The molecule has 0 aromatic carbocycles. The molecule has 0 spiro atoms. The Morgan fingerprint density at radius 3 is 1.85 bits per heavy atom. The van der Waals surface area contributed by atoms with E-state index in [-0.39, 0.29) is 5.97 Å². The maximum Gasteiger partial charge on any atom is 0.305 e. The molecule has 0 aliphatic carbocycles. The number of rotatable bonds is 21. The van der Waals surface area contributed by atoms with Gasteiger partial charge >= 0.3 is 5.97 Å². The molecule has 26 heavy (non-hydrogen) atoms. The smallest absolute Gasteiger partial charge is 0.305 e. The zero-order chi connectivity index (χ0) is 19.1. The first-order valence-electron chi connectivity index (χ1n) is 11.1. The zero-order valence-corrected chi connectivity index (χ0v) is 18.4. The highest BCUT2D eigenvalue weighted by atomic mass is 32.2. The van der Waals surface area contributed by atoms with Crippen LogP contribution in [0.4, 0.5) is 0 Å². The third-order valence-corrected chi connectivity index (χ3v) is 5.52. The Morgan fingerprint density at radius 1 is 0.654 bits per heavy atom. The number of esters is 1. The van der Waals surface area contributed by atoms with Crippen LogP contribution in [0.1, 0.15) is 104 Å². The van der Waals surface area contributed by atoms with Crippen LogP contribution in [0.3, 0.4) is 0 Å².